The van der Waals surface area contributed by atoms with Crippen LogP contribution in [-0.2, 0) is 11.2 Å². The van der Waals surface area contributed by atoms with Crippen LogP contribution in [0.15, 0.2) is 53.4 Å². The first-order chi connectivity index (χ1) is 11.0. The lowest BCUT2D eigenvalue weighted by Crippen LogP contribution is -2.22. The van der Waals surface area contributed by atoms with Gasteiger partial charge in [-0.15, -0.1) is 11.8 Å². The molecular formula is C19H21NO2S. The normalized spacial score (nSPS) is 11.8. The summed E-state index contributed by atoms with van der Waals surface area (Å²) in [6.07, 6.45) is 0.975. The summed E-state index contributed by atoms with van der Waals surface area (Å²) in [4.78, 5) is 24.8. The topological polar surface area (TPSA) is 46.2 Å². The Balaban J connectivity index is 2.04. The number of Topliss-reactive ketones (excluding diaryl/α,β-unsaturated/α-hetero) is 1. The van der Waals surface area contributed by atoms with Crippen LogP contribution in [0.5, 0.6) is 0 Å². The molecule has 1 amide bonds. The number of hydrogen-bond acceptors (Lipinski definition) is 3. The third kappa shape index (κ3) is 4.70. The SMILES string of the molecule is CCc1ccc(NC(=O)[C@@H](C)Sc2ccccc2C(C)=O)cc1. The molecule has 0 aliphatic heterocycles. The number of amides is 1. The Morgan fingerprint density at radius 1 is 1.09 bits per heavy atom. The molecule has 0 saturated carbocycles. The molecule has 2 rings (SSSR count). The highest BCUT2D eigenvalue weighted by molar-refractivity contribution is 8.00. The second kappa shape index (κ2) is 7.97. The summed E-state index contributed by atoms with van der Waals surface area (Å²) in [5, 5.41) is 2.63. The standard InChI is InChI=1S/C19H21NO2S/c1-4-15-9-11-16(12-10-15)20-19(22)14(3)23-18-8-6-5-7-17(18)13(2)21/h5-12,14H,4H2,1-3H3,(H,20,22)/t14-/m1/s1. The largest absolute Gasteiger partial charge is 0.325 e. The van der Waals surface area contributed by atoms with E-state index in [0.29, 0.717) is 5.56 Å². The number of carbonyl (C=O) groups excluding carboxylic acids is 2. The molecule has 0 aromatic heterocycles. The van der Waals surface area contributed by atoms with E-state index >= 15 is 0 Å². The Labute approximate surface area is 141 Å². The van der Waals surface area contributed by atoms with Crippen molar-refractivity contribution in [1.29, 1.82) is 0 Å². The zero-order valence-corrected chi connectivity index (χ0v) is 14.4. The van der Waals surface area contributed by atoms with Gasteiger partial charge in [-0.05, 0) is 44.0 Å². The molecule has 2 aromatic rings. The first kappa shape index (κ1) is 17.3. The molecule has 0 spiro atoms. The molecular weight excluding hydrogens is 306 g/mol. The summed E-state index contributed by atoms with van der Waals surface area (Å²) < 4.78 is 0. The van der Waals surface area contributed by atoms with Crippen LogP contribution in [0.2, 0.25) is 0 Å². The van der Waals surface area contributed by atoms with Gasteiger partial charge in [0, 0.05) is 16.1 Å². The Morgan fingerprint density at radius 3 is 2.35 bits per heavy atom. The van der Waals surface area contributed by atoms with Gasteiger partial charge in [0.05, 0.1) is 5.25 Å². The molecule has 23 heavy (non-hydrogen) atoms. The van der Waals surface area contributed by atoms with Gasteiger partial charge in [0.25, 0.3) is 0 Å². The molecule has 3 nitrogen and oxygen atoms in total. The average molecular weight is 327 g/mol. The summed E-state index contributed by atoms with van der Waals surface area (Å²) in [5.41, 5.74) is 2.68. The number of thioether (sulfide) groups is 1. The van der Waals surface area contributed by atoms with Crippen molar-refractivity contribution >= 4 is 29.1 Å². The van der Waals surface area contributed by atoms with Crippen LogP contribution >= 0.6 is 11.8 Å². The van der Waals surface area contributed by atoms with Crippen LogP contribution in [-0.4, -0.2) is 16.9 Å². The number of benzene rings is 2. The number of aryl methyl sites for hydroxylation is 1. The van der Waals surface area contributed by atoms with Crippen LogP contribution < -0.4 is 5.32 Å². The van der Waals surface area contributed by atoms with E-state index in [-0.39, 0.29) is 16.9 Å². The molecule has 1 N–H and O–H groups in total. The summed E-state index contributed by atoms with van der Waals surface area (Å²) >= 11 is 1.40. The predicted octanol–water partition coefficient (Wildman–Crippen LogP) is 4.57. The van der Waals surface area contributed by atoms with Crippen LogP contribution in [0, 0.1) is 0 Å². The maximum atomic E-state index is 12.3. The van der Waals surface area contributed by atoms with Crippen molar-refractivity contribution in [3.8, 4) is 0 Å². The van der Waals surface area contributed by atoms with E-state index in [1.807, 2.05) is 49.4 Å². The molecule has 0 saturated heterocycles. The van der Waals surface area contributed by atoms with Crippen LogP contribution in [0.25, 0.3) is 0 Å². The minimum absolute atomic E-state index is 0.0101. The van der Waals surface area contributed by atoms with Crippen molar-refractivity contribution in [2.45, 2.75) is 37.3 Å². The van der Waals surface area contributed by atoms with Crippen molar-refractivity contribution < 1.29 is 9.59 Å². The molecule has 0 fully saturated rings. The Hall–Kier alpha value is -2.07. The maximum absolute atomic E-state index is 12.3. The lowest BCUT2D eigenvalue weighted by molar-refractivity contribution is -0.115. The van der Waals surface area contributed by atoms with E-state index in [4.69, 9.17) is 0 Å². The molecule has 0 radical (unpaired) electrons. The Bertz CT molecular complexity index is 695. The lowest BCUT2D eigenvalue weighted by Gasteiger charge is -2.14. The summed E-state index contributed by atoms with van der Waals surface area (Å²) in [6.45, 7) is 5.48. The molecule has 0 unspecified atom stereocenters. The number of anilines is 1. The van der Waals surface area contributed by atoms with Gasteiger partial charge in [0.15, 0.2) is 5.78 Å². The number of nitrogens with one attached hydrogen (secondary N) is 1. The van der Waals surface area contributed by atoms with E-state index in [1.165, 1.54) is 17.3 Å². The van der Waals surface area contributed by atoms with Crippen molar-refractivity contribution in [1.82, 2.24) is 0 Å². The third-order valence-corrected chi connectivity index (χ3v) is 4.75. The molecule has 1 atom stereocenters. The van der Waals surface area contributed by atoms with Gasteiger partial charge in [-0.2, -0.15) is 0 Å². The summed E-state index contributed by atoms with van der Waals surface area (Å²) in [6, 6.07) is 15.2. The van der Waals surface area contributed by atoms with Crippen molar-refractivity contribution in [3.63, 3.8) is 0 Å². The van der Waals surface area contributed by atoms with Gasteiger partial charge < -0.3 is 5.32 Å². The van der Waals surface area contributed by atoms with Gasteiger partial charge in [-0.25, -0.2) is 0 Å². The second-order valence-corrected chi connectivity index (χ2v) is 6.73. The van der Waals surface area contributed by atoms with Gasteiger partial charge in [-0.1, -0.05) is 37.3 Å². The fourth-order valence-electron chi connectivity index (χ4n) is 2.17. The highest BCUT2D eigenvalue weighted by Crippen LogP contribution is 2.28. The first-order valence-corrected chi connectivity index (χ1v) is 8.55. The zero-order chi connectivity index (χ0) is 16.8. The van der Waals surface area contributed by atoms with E-state index in [2.05, 4.69) is 12.2 Å². The average Bonchev–Trinajstić information content (AvgIpc) is 2.55. The summed E-state index contributed by atoms with van der Waals surface area (Å²) in [7, 11) is 0. The molecule has 120 valence electrons. The highest BCUT2D eigenvalue weighted by atomic mass is 32.2. The van der Waals surface area contributed by atoms with Crippen LogP contribution in [0.3, 0.4) is 0 Å². The van der Waals surface area contributed by atoms with E-state index < -0.39 is 0 Å². The maximum Gasteiger partial charge on any atom is 0.237 e. The molecule has 0 heterocycles. The van der Waals surface area contributed by atoms with E-state index in [0.717, 1.165) is 17.0 Å². The Morgan fingerprint density at radius 2 is 1.74 bits per heavy atom. The third-order valence-electron chi connectivity index (χ3n) is 3.57. The van der Waals surface area contributed by atoms with Gasteiger partial charge in [0.1, 0.15) is 0 Å². The number of ketones is 1. The summed E-state index contributed by atoms with van der Waals surface area (Å²) in [5.74, 6) is -0.0616. The second-order valence-electron chi connectivity index (χ2n) is 5.35. The van der Waals surface area contributed by atoms with Crippen molar-refractivity contribution in [2.24, 2.45) is 0 Å². The fourth-order valence-corrected chi connectivity index (χ4v) is 3.21. The smallest absolute Gasteiger partial charge is 0.237 e. The lowest BCUT2D eigenvalue weighted by atomic mass is 10.1. The molecule has 4 heteroatoms. The minimum atomic E-state index is -0.290. The molecule has 0 bridgehead atoms. The molecule has 0 aliphatic rings. The highest BCUT2D eigenvalue weighted by Gasteiger charge is 2.17. The number of carbonyl (C=O) groups is 2. The fraction of sp³-hybridized carbons (Fsp3) is 0.263. The zero-order valence-electron chi connectivity index (χ0n) is 13.6. The Kier molecular flexibility index (Phi) is 5.99. The van der Waals surface area contributed by atoms with E-state index in [1.54, 1.807) is 13.0 Å². The van der Waals surface area contributed by atoms with Gasteiger partial charge >= 0.3 is 0 Å². The quantitative estimate of drug-likeness (QED) is 0.624. The van der Waals surface area contributed by atoms with Crippen molar-refractivity contribution in [3.05, 3.63) is 59.7 Å². The van der Waals surface area contributed by atoms with Gasteiger partial charge in [0.2, 0.25) is 5.91 Å². The monoisotopic (exact) mass is 327 g/mol. The molecule has 0 aliphatic carbocycles. The van der Waals surface area contributed by atoms with Gasteiger partial charge in [-0.3, -0.25) is 9.59 Å². The van der Waals surface area contributed by atoms with Crippen LogP contribution in [0.1, 0.15) is 36.7 Å². The van der Waals surface area contributed by atoms with E-state index in [9.17, 15) is 9.59 Å². The first-order valence-electron chi connectivity index (χ1n) is 7.67. The predicted molar refractivity (Wildman–Crippen MR) is 96.2 cm³/mol. The van der Waals surface area contributed by atoms with Crippen LogP contribution in [0.4, 0.5) is 5.69 Å². The van der Waals surface area contributed by atoms with Crippen molar-refractivity contribution in [2.75, 3.05) is 5.32 Å². The minimum Gasteiger partial charge on any atom is -0.325 e. The molecule has 2 aromatic carbocycles. The number of hydrogen-bond donors (Lipinski definition) is 1. The number of rotatable bonds is 6.